The van der Waals surface area contributed by atoms with Crippen molar-refractivity contribution in [1.29, 1.82) is 0 Å². The molecule has 0 heterocycles. The van der Waals surface area contributed by atoms with Gasteiger partial charge in [0.1, 0.15) is 0 Å². The molecule has 0 saturated carbocycles. The molecule has 0 amide bonds. The van der Waals surface area contributed by atoms with Crippen molar-refractivity contribution in [2.45, 2.75) is 0 Å². The van der Waals surface area contributed by atoms with E-state index >= 15 is 0 Å². The molecule has 0 saturated heterocycles. The molecular weight excluding hydrogens is 373 g/mol. The van der Waals surface area contributed by atoms with E-state index in [0.29, 0.717) is 11.1 Å². The number of hydrogen-bond donors (Lipinski definition) is 6. The van der Waals surface area contributed by atoms with E-state index in [4.69, 9.17) is 18.0 Å². The normalized spacial score (nSPS) is 11.8. The van der Waals surface area contributed by atoms with E-state index in [1.165, 1.54) is 18.2 Å². The minimum atomic E-state index is -4.63. The van der Waals surface area contributed by atoms with Gasteiger partial charge in [-0.15, -0.1) is 0 Å². The predicted molar refractivity (Wildman–Crippen MR) is 87.7 cm³/mol. The molecule has 0 fully saturated rings. The number of fused-ring (bicyclic) bond motifs is 1. The maximum Gasteiger partial charge on any atom is 1.00 e. The maximum atomic E-state index is 11.6. The number of anilines is 1. The van der Waals surface area contributed by atoms with E-state index in [0.717, 1.165) is 12.1 Å². The van der Waals surface area contributed by atoms with Gasteiger partial charge in [-0.1, -0.05) is 6.07 Å². The first-order valence-corrected chi connectivity index (χ1v) is 9.39. The molecule has 2 rings (SSSR count). The van der Waals surface area contributed by atoms with E-state index in [2.05, 4.69) is 5.32 Å². The van der Waals surface area contributed by atoms with E-state index in [9.17, 15) is 28.7 Å². The molecule has 0 unspecified atom stereocenters. The first-order chi connectivity index (χ1) is 10.00. The molecule has 2 aromatic rings. The Morgan fingerprint density at radius 2 is 1.61 bits per heavy atom. The van der Waals surface area contributed by atoms with E-state index < -0.39 is 15.2 Å². The van der Waals surface area contributed by atoms with Crippen LogP contribution in [0.1, 0.15) is 0 Å². The van der Waals surface area contributed by atoms with Crippen LogP contribution in [-0.4, -0.2) is 24.7 Å². The number of nitrogens with two attached hydrogens (primary N) is 1. The average Bonchev–Trinajstić information content (AvgIpc) is 2.35. The Hall–Kier alpha value is -0.310. The minimum Gasteiger partial charge on any atom is -0.376 e. The number of nitrogens with one attached hydrogen (secondary N) is 1. The third-order valence-corrected chi connectivity index (χ3v) is 4.96. The molecule has 118 valence electrons. The molecule has 0 aliphatic carbocycles. The Labute approximate surface area is 158 Å². The summed E-state index contributed by atoms with van der Waals surface area (Å²) in [6.45, 7) is 0. The van der Waals surface area contributed by atoms with Crippen molar-refractivity contribution >= 4 is 59.6 Å². The van der Waals surface area contributed by atoms with Gasteiger partial charge in [0, 0.05) is 16.5 Å². The van der Waals surface area contributed by atoms with Crippen LogP contribution >= 0.6 is 27.4 Å². The van der Waals surface area contributed by atoms with Crippen molar-refractivity contribution in [3.63, 3.8) is 0 Å². The zero-order valence-electron chi connectivity index (χ0n) is 11.9. The number of hydrogen-bond acceptors (Lipinski definition) is 3. The fraction of sp³-hybridized carbons (Fsp3) is 0. The van der Waals surface area contributed by atoms with Crippen LogP contribution in [0.15, 0.2) is 30.3 Å². The van der Waals surface area contributed by atoms with Gasteiger partial charge in [0.25, 0.3) is 0 Å². The molecule has 0 aromatic heterocycles. The van der Waals surface area contributed by atoms with Crippen LogP contribution in [-0.2, 0) is 9.13 Å². The molecule has 0 aliphatic rings. The third kappa shape index (κ3) is 4.84. The molecule has 8 nitrogen and oxygen atoms in total. The molecule has 0 radical (unpaired) electrons. The van der Waals surface area contributed by atoms with Gasteiger partial charge in [-0.2, -0.15) is 0 Å². The molecular formula is C11H12N2NaO6P2S+. The number of thiocarbonyl (C=S) groups is 1. The minimum absolute atomic E-state index is 0. The second-order valence-electron chi connectivity index (χ2n) is 4.44. The van der Waals surface area contributed by atoms with Crippen molar-refractivity contribution < 1.29 is 58.3 Å². The van der Waals surface area contributed by atoms with Crippen molar-refractivity contribution in [2.24, 2.45) is 5.73 Å². The second kappa shape index (κ2) is 7.29. The van der Waals surface area contributed by atoms with Crippen molar-refractivity contribution in [2.75, 3.05) is 5.32 Å². The smallest absolute Gasteiger partial charge is 0.376 e. The summed E-state index contributed by atoms with van der Waals surface area (Å²) in [7, 11) is -9.20. The van der Waals surface area contributed by atoms with Crippen LogP contribution in [0.4, 0.5) is 5.69 Å². The largest absolute Gasteiger partial charge is 1.00 e. The van der Waals surface area contributed by atoms with Crippen LogP contribution in [0.2, 0.25) is 0 Å². The van der Waals surface area contributed by atoms with E-state index in [-0.39, 0.29) is 50.7 Å². The first kappa shape index (κ1) is 20.7. The summed E-state index contributed by atoms with van der Waals surface area (Å²) in [5, 5.41) is 2.24. The Morgan fingerprint density at radius 3 is 2.09 bits per heavy atom. The predicted octanol–water partition coefficient (Wildman–Crippen LogP) is -2.89. The molecule has 0 atom stereocenters. The Balaban J connectivity index is 0.00000264. The van der Waals surface area contributed by atoms with Gasteiger partial charge in [-0.05, 0) is 36.5 Å². The first-order valence-electron chi connectivity index (χ1n) is 5.75. The Kier molecular flexibility index (Phi) is 6.57. The SMILES string of the molecule is NC(=S)Nc1ccc(P(=O)(O)O)c2cc(P(=O)(O)O)ccc12.[Na+]. The van der Waals surface area contributed by atoms with Gasteiger partial charge in [0.05, 0.1) is 10.6 Å². The summed E-state index contributed by atoms with van der Waals surface area (Å²) in [6, 6.07) is 6.11. The summed E-state index contributed by atoms with van der Waals surface area (Å²) in [5.74, 6) is 0. The summed E-state index contributed by atoms with van der Waals surface area (Å²) >= 11 is 4.72. The zero-order valence-corrected chi connectivity index (χ0v) is 16.5. The molecule has 0 spiro atoms. The number of benzene rings is 2. The monoisotopic (exact) mass is 385 g/mol. The van der Waals surface area contributed by atoms with Gasteiger partial charge in [-0.3, -0.25) is 9.13 Å². The number of rotatable bonds is 3. The molecule has 0 aliphatic heterocycles. The average molecular weight is 385 g/mol. The van der Waals surface area contributed by atoms with E-state index in [1.54, 1.807) is 0 Å². The van der Waals surface area contributed by atoms with Gasteiger partial charge in [0.2, 0.25) is 0 Å². The summed E-state index contributed by atoms with van der Waals surface area (Å²) in [4.78, 5) is 37.2. The van der Waals surface area contributed by atoms with Crippen molar-refractivity contribution in [3.8, 4) is 0 Å². The Morgan fingerprint density at radius 1 is 1.00 bits per heavy atom. The molecule has 2 aromatic carbocycles. The standard InChI is InChI=1S/C11H12N2O6P2S.Na/c12-11(22)13-9-3-4-10(21(17,18)19)8-5-6(20(14,15)16)1-2-7(8)9;/h1-5H,(H3,12,13,22)(H2,14,15,16)(H2,17,18,19);/q;+1. The van der Waals surface area contributed by atoms with E-state index in [1.807, 2.05) is 0 Å². The van der Waals surface area contributed by atoms with Crippen LogP contribution in [0.5, 0.6) is 0 Å². The topological polar surface area (TPSA) is 153 Å². The zero-order chi connectivity index (χ0) is 16.7. The molecule has 7 N–H and O–H groups in total. The van der Waals surface area contributed by atoms with Crippen LogP contribution in [0.3, 0.4) is 0 Å². The van der Waals surface area contributed by atoms with Gasteiger partial charge >= 0.3 is 44.7 Å². The van der Waals surface area contributed by atoms with Gasteiger partial charge in [-0.25, -0.2) is 0 Å². The van der Waals surface area contributed by atoms with Crippen LogP contribution in [0.25, 0.3) is 10.8 Å². The van der Waals surface area contributed by atoms with Crippen LogP contribution in [0, 0.1) is 0 Å². The van der Waals surface area contributed by atoms with Crippen molar-refractivity contribution in [3.05, 3.63) is 30.3 Å². The molecule has 23 heavy (non-hydrogen) atoms. The van der Waals surface area contributed by atoms with Crippen molar-refractivity contribution in [1.82, 2.24) is 0 Å². The molecule has 0 bridgehead atoms. The quantitative estimate of drug-likeness (QED) is 0.186. The van der Waals surface area contributed by atoms with Crippen LogP contribution < -0.4 is 51.2 Å². The third-order valence-electron chi connectivity index (χ3n) is 2.89. The Bertz CT molecular complexity index is 865. The second-order valence-corrected chi connectivity index (χ2v) is 8.05. The summed E-state index contributed by atoms with van der Waals surface area (Å²) < 4.78 is 22.9. The van der Waals surface area contributed by atoms with Gasteiger partial charge in [0.15, 0.2) is 5.11 Å². The van der Waals surface area contributed by atoms with Gasteiger partial charge < -0.3 is 30.6 Å². The fourth-order valence-corrected chi connectivity index (χ4v) is 3.44. The maximum absolute atomic E-state index is 11.6. The summed E-state index contributed by atoms with van der Waals surface area (Å²) in [6.07, 6.45) is 0. The summed E-state index contributed by atoms with van der Waals surface area (Å²) in [5.41, 5.74) is 5.75. The fourth-order valence-electron chi connectivity index (χ4n) is 2.00. The molecule has 12 heteroatoms.